The largest absolute Gasteiger partial charge is 0.497 e. The second kappa shape index (κ2) is 6.60. The molecule has 0 atom stereocenters. The van der Waals surface area contributed by atoms with Crippen LogP contribution in [0.3, 0.4) is 0 Å². The molecule has 0 spiro atoms. The third-order valence-corrected chi connectivity index (χ3v) is 4.04. The van der Waals surface area contributed by atoms with Gasteiger partial charge in [-0.3, -0.25) is 0 Å². The van der Waals surface area contributed by atoms with Crippen molar-refractivity contribution in [3.63, 3.8) is 0 Å². The first-order valence-corrected chi connectivity index (χ1v) is 8.11. The molecular formula is C17H15ClN4O3. The number of benzene rings is 2. The molecule has 1 aliphatic heterocycles. The van der Waals surface area contributed by atoms with Crippen molar-refractivity contribution < 1.29 is 14.2 Å². The molecule has 3 aromatic rings. The first kappa shape index (κ1) is 15.7. The number of ether oxygens (including phenoxy) is 3. The van der Waals surface area contributed by atoms with Gasteiger partial charge in [-0.15, -0.1) is 10.2 Å². The molecule has 128 valence electrons. The molecule has 2 heterocycles. The predicted molar refractivity (Wildman–Crippen MR) is 91.3 cm³/mol. The van der Waals surface area contributed by atoms with E-state index in [2.05, 4.69) is 15.4 Å². The molecule has 1 aromatic heterocycles. The lowest BCUT2D eigenvalue weighted by atomic mass is 10.2. The van der Waals surface area contributed by atoms with Gasteiger partial charge in [-0.2, -0.15) is 4.80 Å². The molecule has 0 saturated carbocycles. The van der Waals surface area contributed by atoms with Crippen molar-refractivity contribution in [3.8, 4) is 28.6 Å². The van der Waals surface area contributed by atoms with Crippen LogP contribution in [0.1, 0.15) is 5.56 Å². The van der Waals surface area contributed by atoms with Crippen molar-refractivity contribution >= 4 is 11.6 Å². The highest BCUT2D eigenvalue weighted by atomic mass is 35.5. The third kappa shape index (κ3) is 3.23. The summed E-state index contributed by atoms with van der Waals surface area (Å²) in [5, 5.41) is 13.1. The van der Waals surface area contributed by atoms with Crippen LogP contribution in [0.5, 0.6) is 17.2 Å². The maximum absolute atomic E-state index is 6.26. The van der Waals surface area contributed by atoms with Crippen molar-refractivity contribution in [3.05, 3.63) is 47.0 Å². The van der Waals surface area contributed by atoms with E-state index in [1.165, 1.54) is 4.80 Å². The molecular weight excluding hydrogens is 344 g/mol. The number of hydrogen-bond donors (Lipinski definition) is 0. The zero-order valence-corrected chi connectivity index (χ0v) is 14.2. The molecule has 7 nitrogen and oxygen atoms in total. The average Bonchev–Trinajstić information content (AvgIpc) is 3.10. The summed E-state index contributed by atoms with van der Waals surface area (Å²) in [6, 6.07) is 11.2. The molecule has 4 rings (SSSR count). The van der Waals surface area contributed by atoms with E-state index >= 15 is 0 Å². The molecule has 0 bridgehead atoms. The van der Waals surface area contributed by atoms with E-state index in [1.54, 1.807) is 7.11 Å². The first-order chi connectivity index (χ1) is 12.2. The summed E-state index contributed by atoms with van der Waals surface area (Å²) in [7, 11) is 1.62. The summed E-state index contributed by atoms with van der Waals surface area (Å²) >= 11 is 6.26. The van der Waals surface area contributed by atoms with E-state index in [4.69, 9.17) is 25.8 Å². The van der Waals surface area contributed by atoms with E-state index in [9.17, 15) is 0 Å². The molecule has 0 amide bonds. The SMILES string of the molecule is COc1cccc(-c2nnn(Cc3cc(Cl)c4c(c3)OCCO4)n2)c1. The van der Waals surface area contributed by atoms with Crippen molar-refractivity contribution in [1.82, 2.24) is 20.2 Å². The van der Waals surface area contributed by atoms with Gasteiger partial charge in [0.25, 0.3) is 0 Å². The maximum atomic E-state index is 6.26. The van der Waals surface area contributed by atoms with Gasteiger partial charge >= 0.3 is 0 Å². The fraction of sp³-hybridized carbons (Fsp3) is 0.235. The van der Waals surface area contributed by atoms with Crippen LogP contribution in [0.4, 0.5) is 0 Å². The topological polar surface area (TPSA) is 71.3 Å². The van der Waals surface area contributed by atoms with Crippen LogP contribution < -0.4 is 14.2 Å². The number of methoxy groups -OCH3 is 1. The van der Waals surface area contributed by atoms with Crippen molar-refractivity contribution in [2.24, 2.45) is 0 Å². The zero-order valence-electron chi connectivity index (χ0n) is 13.5. The molecule has 0 unspecified atom stereocenters. The lowest BCUT2D eigenvalue weighted by Crippen LogP contribution is -2.16. The predicted octanol–water partition coefficient (Wildman–Crippen LogP) is 2.82. The van der Waals surface area contributed by atoms with Gasteiger partial charge < -0.3 is 14.2 Å². The number of rotatable bonds is 4. The van der Waals surface area contributed by atoms with E-state index in [0.717, 1.165) is 16.9 Å². The third-order valence-electron chi connectivity index (χ3n) is 3.76. The summed E-state index contributed by atoms with van der Waals surface area (Å²) in [5.41, 5.74) is 1.75. The highest BCUT2D eigenvalue weighted by molar-refractivity contribution is 6.32. The standard InChI is InChI=1S/C17H15ClN4O3/c1-23-13-4-2-3-12(9-13)17-19-21-22(20-17)10-11-7-14(18)16-15(8-11)24-5-6-25-16/h2-4,7-9H,5-6,10H2,1H3. The minimum atomic E-state index is 0.424. The Labute approximate surface area is 149 Å². The smallest absolute Gasteiger partial charge is 0.205 e. The van der Waals surface area contributed by atoms with Crippen LogP contribution in [0, 0.1) is 0 Å². The van der Waals surface area contributed by atoms with Gasteiger partial charge in [0.2, 0.25) is 5.82 Å². The van der Waals surface area contributed by atoms with E-state index in [-0.39, 0.29) is 0 Å². The fourth-order valence-electron chi connectivity index (χ4n) is 2.61. The minimum Gasteiger partial charge on any atom is -0.497 e. The van der Waals surface area contributed by atoms with Crippen LogP contribution in [0.25, 0.3) is 11.4 Å². The highest BCUT2D eigenvalue weighted by Crippen LogP contribution is 2.38. The van der Waals surface area contributed by atoms with Crippen LogP contribution in [-0.2, 0) is 6.54 Å². The van der Waals surface area contributed by atoms with Gasteiger partial charge in [-0.25, -0.2) is 0 Å². The van der Waals surface area contributed by atoms with E-state index in [1.807, 2.05) is 36.4 Å². The molecule has 0 fully saturated rings. The normalized spacial score (nSPS) is 12.9. The van der Waals surface area contributed by atoms with E-state index in [0.29, 0.717) is 42.1 Å². The highest BCUT2D eigenvalue weighted by Gasteiger charge is 2.17. The molecule has 0 N–H and O–H groups in total. The summed E-state index contributed by atoms with van der Waals surface area (Å²) in [5.74, 6) is 2.50. The molecule has 25 heavy (non-hydrogen) atoms. The van der Waals surface area contributed by atoms with Crippen molar-refractivity contribution in [1.29, 1.82) is 0 Å². The molecule has 0 aliphatic carbocycles. The van der Waals surface area contributed by atoms with Crippen molar-refractivity contribution in [2.75, 3.05) is 20.3 Å². The molecule has 8 heteroatoms. The van der Waals surface area contributed by atoms with Gasteiger partial charge in [0.05, 0.1) is 18.7 Å². The van der Waals surface area contributed by atoms with Crippen LogP contribution >= 0.6 is 11.6 Å². The summed E-state index contributed by atoms with van der Waals surface area (Å²) < 4.78 is 16.3. The zero-order chi connectivity index (χ0) is 17.2. The number of aromatic nitrogens is 4. The van der Waals surface area contributed by atoms with Gasteiger partial charge in [-0.1, -0.05) is 23.7 Å². The Morgan fingerprint density at radius 1 is 1.20 bits per heavy atom. The van der Waals surface area contributed by atoms with Gasteiger partial charge in [0, 0.05) is 5.56 Å². The van der Waals surface area contributed by atoms with E-state index < -0.39 is 0 Å². The summed E-state index contributed by atoms with van der Waals surface area (Å²) in [6.07, 6.45) is 0. The quantitative estimate of drug-likeness (QED) is 0.714. The number of nitrogens with zero attached hydrogens (tertiary/aromatic N) is 4. The Kier molecular flexibility index (Phi) is 4.15. The Hall–Kier alpha value is -2.80. The Bertz CT molecular complexity index is 913. The summed E-state index contributed by atoms with van der Waals surface area (Å²) in [4.78, 5) is 1.51. The Morgan fingerprint density at radius 2 is 2.08 bits per heavy atom. The van der Waals surface area contributed by atoms with Gasteiger partial charge in [-0.05, 0) is 35.0 Å². The fourth-order valence-corrected chi connectivity index (χ4v) is 2.89. The Balaban J connectivity index is 1.58. The second-order valence-electron chi connectivity index (χ2n) is 5.48. The van der Waals surface area contributed by atoms with Gasteiger partial charge in [0.1, 0.15) is 19.0 Å². The lowest BCUT2D eigenvalue weighted by Gasteiger charge is -2.20. The van der Waals surface area contributed by atoms with Crippen LogP contribution in [-0.4, -0.2) is 40.5 Å². The van der Waals surface area contributed by atoms with Crippen LogP contribution in [0.15, 0.2) is 36.4 Å². The monoisotopic (exact) mass is 358 g/mol. The summed E-state index contributed by atoms with van der Waals surface area (Å²) in [6.45, 7) is 1.43. The molecule has 1 aliphatic rings. The molecule has 2 aromatic carbocycles. The Morgan fingerprint density at radius 3 is 2.96 bits per heavy atom. The van der Waals surface area contributed by atoms with Crippen molar-refractivity contribution in [2.45, 2.75) is 6.54 Å². The number of halogens is 1. The van der Waals surface area contributed by atoms with Gasteiger partial charge in [0.15, 0.2) is 11.5 Å². The molecule has 0 radical (unpaired) electrons. The first-order valence-electron chi connectivity index (χ1n) is 7.73. The lowest BCUT2D eigenvalue weighted by molar-refractivity contribution is 0.171. The van der Waals surface area contributed by atoms with Crippen LogP contribution in [0.2, 0.25) is 5.02 Å². The second-order valence-corrected chi connectivity index (χ2v) is 5.88. The number of tetrazole rings is 1. The maximum Gasteiger partial charge on any atom is 0.205 e. The minimum absolute atomic E-state index is 0.424. The average molecular weight is 359 g/mol. The number of hydrogen-bond acceptors (Lipinski definition) is 6. The molecule has 0 saturated heterocycles. The number of fused-ring (bicyclic) bond motifs is 1.